The minimum absolute atomic E-state index is 0.0101. The zero-order chi connectivity index (χ0) is 20.2. The maximum Gasteiger partial charge on any atom is 0.135 e. The molecule has 0 unspecified atom stereocenters. The van der Waals surface area contributed by atoms with Crippen molar-refractivity contribution in [1.82, 2.24) is 10.3 Å². The summed E-state index contributed by atoms with van der Waals surface area (Å²) < 4.78 is 5.35. The molecule has 2 heterocycles. The fraction of sp³-hybridized carbons (Fsp3) is 0.400. The lowest BCUT2D eigenvalue weighted by Gasteiger charge is -2.48. The van der Waals surface area contributed by atoms with Gasteiger partial charge in [-0.25, -0.2) is 0 Å². The van der Waals surface area contributed by atoms with E-state index in [0.29, 0.717) is 18.6 Å². The summed E-state index contributed by atoms with van der Waals surface area (Å²) in [5, 5.41) is 5.10. The number of carbonyl (C=O) groups excluding carboxylic acids is 1. The molecular formula is C25H28N2O2. The number of aromatic amines is 1. The van der Waals surface area contributed by atoms with E-state index in [4.69, 9.17) is 4.74 Å². The Hall–Kier alpha value is -2.59. The molecule has 1 aliphatic heterocycles. The molecule has 4 nitrogen and oxygen atoms in total. The van der Waals surface area contributed by atoms with E-state index in [0.717, 1.165) is 24.2 Å². The van der Waals surface area contributed by atoms with Crippen LogP contribution in [0.4, 0.5) is 0 Å². The van der Waals surface area contributed by atoms with Gasteiger partial charge in [0.15, 0.2) is 0 Å². The molecule has 0 saturated heterocycles. The third-order valence-electron chi connectivity index (χ3n) is 6.69. The van der Waals surface area contributed by atoms with Crippen LogP contribution in [-0.2, 0) is 10.3 Å². The number of rotatable bonds is 2. The van der Waals surface area contributed by atoms with Crippen molar-refractivity contribution >= 4 is 16.7 Å². The normalized spacial score (nSPS) is 25.9. The number of para-hydroxylation sites is 1. The molecule has 1 aliphatic carbocycles. The van der Waals surface area contributed by atoms with Crippen LogP contribution in [0.5, 0.6) is 5.75 Å². The summed E-state index contributed by atoms with van der Waals surface area (Å²) in [7, 11) is 1.69. The molecule has 1 spiro atoms. The minimum atomic E-state index is -0.309. The fourth-order valence-electron chi connectivity index (χ4n) is 5.69. The number of carbonyl (C=O) groups is 1. The van der Waals surface area contributed by atoms with Crippen LogP contribution in [0.15, 0.2) is 48.5 Å². The largest absolute Gasteiger partial charge is 0.497 e. The molecule has 0 amide bonds. The molecule has 2 N–H and O–H groups in total. The molecule has 3 aromatic rings. The van der Waals surface area contributed by atoms with E-state index in [1.807, 2.05) is 12.1 Å². The molecule has 150 valence electrons. The highest BCUT2D eigenvalue weighted by Gasteiger charge is 2.49. The van der Waals surface area contributed by atoms with Crippen LogP contribution >= 0.6 is 0 Å². The molecule has 2 atom stereocenters. The Kier molecular flexibility index (Phi) is 4.11. The van der Waals surface area contributed by atoms with E-state index < -0.39 is 0 Å². The third-order valence-corrected chi connectivity index (χ3v) is 6.69. The molecule has 1 aromatic heterocycles. The van der Waals surface area contributed by atoms with Crippen LogP contribution in [0.2, 0.25) is 0 Å². The monoisotopic (exact) mass is 388 g/mol. The van der Waals surface area contributed by atoms with Crippen LogP contribution in [-0.4, -0.2) is 24.4 Å². The topological polar surface area (TPSA) is 54.1 Å². The van der Waals surface area contributed by atoms with E-state index >= 15 is 0 Å². The van der Waals surface area contributed by atoms with Crippen molar-refractivity contribution in [3.63, 3.8) is 0 Å². The van der Waals surface area contributed by atoms with Crippen molar-refractivity contribution in [2.75, 3.05) is 13.7 Å². The summed E-state index contributed by atoms with van der Waals surface area (Å²) >= 11 is 0. The van der Waals surface area contributed by atoms with Gasteiger partial charge in [-0.3, -0.25) is 4.79 Å². The van der Waals surface area contributed by atoms with Crippen molar-refractivity contribution in [2.24, 2.45) is 5.41 Å². The van der Waals surface area contributed by atoms with Gasteiger partial charge in [-0.15, -0.1) is 0 Å². The molecule has 1 saturated carbocycles. The van der Waals surface area contributed by atoms with Crippen LogP contribution < -0.4 is 10.1 Å². The fourth-order valence-corrected chi connectivity index (χ4v) is 5.69. The number of ketones is 1. The lowest BCUT2D eigenvalue weighted by Crippen LogP contribution is -2.55. The van der Waals surface area contributed by atoms with Crippen molar-refractivity contribution in [2.45, 2.75) is 44.6 Å². The summed E-state index contributed by atoms with van der Waals surface area (Å²) in [6, 6.07) is 16.9. The molecule has 2 aromatic carbocycles. The van der Waals surface area contributed by atoms with Gasteiger partial charge in [0.25, 0.3) is 0 Å². The van der Waals surface area contributed by atoms with E-state index in [9.17, 15) is 4.79 Å². The Morgan fingerprint density at radius 1 is 1.03 bits per heavy atom. The lowest BCUT2D eigenvalue weighted by molar-refractivity contribution is -0.126. The summed E-state index contributed by atoms with van der Waals surface area (Å²) in [5.41, 5.74) is 4.64. The Balaban J connectivity index is 1.69. The second-order valence-electron chi connectivity index (χ2n) is 9.48. The average molecular weight is 389 g/mol. The van der Waals surface area contributed by atoms with Crippen LogP contribution in [0.3, 0.4) is 0 Å². The van der Waals surface area contributed by atoms with Crippen LogP contribution in [0.1, 0.15) is 55.8 Å². The smallest absolute Gasteiger partial charge is 0.135 e. The lowest BCUT2D eigenvalue weighted by atomic mass is 9.63. The highest BCUT2D eigenvalue weighted by molar-refractivity contribution is 5.88. The maximum atomic E-state index is 12.7. The van der Waals surface area contributed by atoms with E-state index in [1.54, 1.807) is 7.11 Å². The summed E-state index contributed by atoms with van der Waals surface area (Å²) in [6.07, 6.45) is 2.18. The quantitative estimate of drug-likeness (QED) is 0.657. The SMILES string of the molecule is COc1ccc([C@@H]2CN[C@@]3(CC(=O)CC(C)(C)C3)c3[nH]c4ccccc4c32)cc1. The number of benzene rings is 2. The third kappa shape index (κ3) is 2.98. The van der Waals surface area contributed by atoms with E-state index in [1.165, 1.54) is 22.2 Å². The first-order valence-corrected chi connectivity index (χ1v) is 10.4. The number of hydrogen-bond acceptors (Lipinski definition) is 3. The van der Waals surface area contributed by atoms with Gasteiger partial charge in [0.2, 0.25) is 0 Å². The first kappa shape index (κ1) is 18.4. The number of fused-ring (bicyclic) bond motifs is 4. The van der Waals surface area contributed by atoms with Crippen LogP contribution in [0.25, 0.3) is 10.9 Å². The summed E-state index contributed by atoms with van der Waals surface area (Å²) in [4.78, 5) is 16.4. The average Bonchev–Trinajstić information content (AvgIpc) is 3.08. The van der Waals surface area contributed by atoms with Gasteiger partial charge in [-0.1, -0.05) is 44.2 Å². The molecular weight excluding hydrogens is 360 g/mol. The van der Waals surface area contributed by atoms with E-state index in [-0.39, 0.29) is 16.9 Å². The Bertz CT molecular complexity index is 1080. The standard InChI is InChI=1S/C25H28N2O2/c1-24(2)12-17(28)13-25(15-24)23-22(19-6-4-5-7-21(19)27-23)20(14-26-25)16-8-10-18(29-3)11-9-16/h4-11,20,26-27H,12-15H2,1-3H3/t20-,25+/m0/s1. The van der Waals surface area contributed by atoms with Crippen molar-refractivity contribution in [3.8, 4) is 5.75 Å². The number of aromatic nitrogens is 1. The van der Waals surface area contributed by atoms with Crippen LogP contribution in [0, 0.1) is 5.41 Å². The molecule has 1 fully saturated rings. The number of Topliss-reactive ketones (excluding diaryl/α,β-unsaturated/α-hetero) is 1. The highest BCUT2D eigenvalue weighted by atomic mass is 16.5. The Labute approximate surface area is 171 Å². The summed E-state index contributed by atoms with van der Waals surface area (Å²) in [6.45, 7) is 5.25. The minimum Gasteiger partial charge on any atom is -0.497 e. The maximum absolute atomic E-state index is 12.7. The Morgan fingerprint density at radius 3 is 2.52 bits per heavy atom. The highest BCUT2D eigenvalue weighted by Crippen LogP contribution is 2.51. The predicted molar refractivity (Wildman–Crippen MR) is 115 cm³/mol. The zero-order valence-corrected chi connectivity index (χ0v) is 17.3. The molecule has 4 heteroatoms. The second kappa shape index (κ2) is 6.46. The zero-order valence-electron chi connectivity index (χ0n) is 17.3. The summed E-state index contributed by atoms with van der Waals surface area (Å²) in [5.74, 6) is 1.45. The van der Waals surface area contributed by atoms with Crippen molar-refractivity contribution in [3.05, 3.63) is 65.4 Å². The van der Waals surface area contributed by atoms with Gasteiger partial charge in [-0.05, 0) is 41.2 Å². The molecule has 0 radical (unpaired) electrons. The molecule has 5 rings (SSSR count). The number of H-pyrrole nitrogens is 1. The number of nitrogens with one attached hydrogen (secondary N) is 2. The van der Waals surface area contributed by atoms with Crippen molar-refractivity contribution in [1.29, 1.82) is 0 Å². The first-order valence-electron chi connectivity index (χ1n) is 10.4. The molecule has 29 heavy (non-hydrogen) atoms. The number of hydrogen-bond donors (Lipinski definition) is 2. The van der Waals surface area contributed by atoms with Gasteiger partial charge in [0.05, 0.1) is 12.6 Å². The van der Waals surface area contributed by atoms with Crippen molar-refractivity contribution < 1.29 is 9.53 Å². The van der Waals surface area contributed by atoms with Gasteiger partial charge in [0, 0.05) is 41.9 Å². The predicted octanol–water partition coefficient (Wildman–Crippen LogP) is 4.89. The van der Waals surface area contributed by atoms with E-state index in [2.05, 4.69) is 60.5 Å². The molecule has 2 aliphatic rings. The number of methoxy groups -OCH3 is 1. The van der Waals surface area contributed by atoms with Gasteiger partial charge in [0.1, 0.15) is 11.5 Å². The first-order chi connectivity index (χ1) is 13.9. The second-order valence-corrected chi connectivity index (χ2v) is 9.48. The Morgan fingerprint density at radius 2 is 1.79 bits per heavy atom. The number of ether oxygens (including phenoxy) is 1. The molecule has 0 bridgehead atoms. The van der Waals surface area contributed by atoms with Gasteiger partial charge in [-0.2, -0.15) is 0 Å². The van der Waals surface area contributed by atoms with Gasteiger partial charge >= 0.3 is 0 Å². The van der Waals surface area contributed by atoms with Gasteiger partial charge < -0.3 is 15.0 Å².